The molecule has 0 saturated heterocycles. The van der Waals surface area contributed by atoms with Gasteiger partial charge in [-0.05, 0) is 61.5 Å². The van der Waals surface area contributed by atoms with Crippen LogP contribution in [0.4, 0.5) is 59.7 Å². The van der Waals surface area contributed by atoms with Gasteiger partial charge in [0.1, 0.15) is 57.9 Å². The summed E-state index contributed by atoms with van der Waals surface area (Å²) in [5, 5.41) is 4.06. The molecular formula is C44H28ClF11N6O10. The van der Waals surface area contributed by atoms with Crippen LogP contribution in [0.1, 0.15) is 58.4 Å². The minimum absolute atomic E-state index is 0.140. The fourth-order valence-corrected chi connectivity index (χ4v) is 6.31. The number of methoxy groups -OCH3 is 1. The van der Waals surface area contributed by atoms with Gasteiger partial charge in [0.15, 0.2) is 28.8 Å². The molecule has 0 fully saturated rings. The number of rotatable bonds is 16. The maximum Gasteiger partial charge on any atom is 0.573 e. The molecule has 0 aliphatic carbocycles. The number of anilines is 2. The van der Waals surface area contributed by atoms with E-state index in [1.807, 2.05) is 5.32 Å². The van der Waals surface area contributed by atoms with Crippen molar-refractivity contribution in [2.45, 2.75) is 32.4 Å². The summed E-state index contributed by atoms with van der Waals surface area (Å²) in [5.41, 5.74) is 4.13. The van der Waals surface area contributed by atoms with Crippen molar-refractivity contribution in [2.24, 2.45) is 11.5 Å². The van der Waals surface area contributed by atoms with Crippen molar-refractivity contribution in [1.82, 2.24) is 9.97 Å². The van der Waals surface area contributed by atoms with Crippen molar-refractivity contribution >= 4 is 46.6 Å². The number of benzene rings is 4. The van der Waals surface area contributed by atoms with Gasteiger partial charge in [0.25, 0.3) is 23.6 Å². The molecule has 0 unspecified atom stereocenters. The van der Waals surface area contributed by atoms with Crippen LogP contribution in [0, 0.1) is 18.6 Å². The van der Waals surface area contributed by atoms with Crippen LogP contribution in [0.25, 0.3) is 0 Å². The predicted octanol–water partition coefficient (Wildman–Crippen LogP) is 10.4. The highest BCUT2D eigenvalue weighted by Gasteiger charge is 2.39. The van der Waals surface area contributed by atoms with Crippen molar-refractivity contribution < 1.29 is 95.9 Å². The highest BCUT2D eigenvalue weighted by Crippen LogP contribution is 2.43. The van der Waals surface area contributed by atoms with Gasteiger partial charge in [0.05, 0.1) is 23.4 Å². The first-order chi connectivity index (χ1) is 33.6. The van der Waals surface area contributed by atoms with E-state index >= 15 is 8.78 Å². The summed E-state index contributed by atoms with van der Waals surface area (Å²) in [6.45, 7) is 0.417. The second-order valence-corrected chi connectivity index (χ2v) is 14.7. The zero-order valence-corrected chi connectivity index (χ0v) is 36.7. The molecule has 2 heterocycles. The molecule has 16 nitrogen and oxygen atoms in total. The molecular weight excluding hydrogens is 1020 g/mol. The number of nitrogens with zero attached hydrogens (tertiary/aromatic N) is 2. The number of alkyl halides is 9. The maximum atomic E-state index is 16.0. The van der Waals surface area contributed by atoms with Crippen LogP contribution in [-0.4, -0.2) is 53.4 Å². The smallest absolute Gasteiger partial charge is 0.493 e. The van der Waals surface area contributed by atoms with Crippen LogP contribution in [-0.2, 0) is 12.8 Å². The van der Waals surface area contributed by atoms with Crippen molar-refractivity contribution in [3.63, 3.8) is 0 Å². The van der Waals surface area contributed by atoms with Gasteiger partial charge >= 0.3 is 18.9 Å². The molecule has 378 valence electrons. The minimum atomic E-state index is -5.51. The van der Waals surface area contributed by atoms with Crippen LogP contribution in [0.2, 0.25) is 5.02 Å². The van der Waals surface area contributed by atoms with E-state index < -0.39 is 123 Å². The highest BCUT2D eigenvalue weighted by molar-refractivity contribution is 6.31. The molecule has 0 spiro atoms. The van der Waals surface area contributed by atoms with E-state index in [4.69, 9.17) is 42.0 Å². The maximum absolute atomic E-state index is 16.0. The van der Waals surface area contributed by atoms with E-state index in [1.165, 1.54) is 6.92 Å². The average Bonchev–Trinajstić information content (AvgIpc) is 3.27. The van der Waals surface area contributed by atoms with Gasteiger partial charge in [0.2, 0.25) is 0 Å². The van der Waals surface area contributed by atoms with Gasteiger partial charge in [-0.2, -0.15) is 13.2 Å². The number of hydrogen-bond acceptors (Lipinski definition) is 12. The molecule has 0 aliphatic rings. The van der Waals surface area contributed by atoms with Crippen molar-refractivity contribution in [3.8, 4) is 46.0 Å². The molecule has 0 atom stereocenters. The number of carbonyl (C=O) groups excluding carboxylic acids is 4. The molecule has 6 aromatic rings. The largest absolute Gasteiger partial charge is 0.573 e. The Kier molecular flexibility index (Phi) is 15.2. The first kappa shape index (κ1) is 52.7. The Morgan fingerprint density at radius 1 is 0.639 bits per heavy atom. The van der Waals surface area contributed by atoms with Gasteiger partial charge in [-0.3, -0.25) is 29.1 Å². The van der Waals surface area contributed by atoms with Crippen molar-refractivity contribution in [3.05, 3.63) is 141 Å². The Morgan fingerprint density at radius 3 is 1.83 bits per heavy atom. The van der Waals surface area contributed by atoms with Crippen molar-refractivity contribution in [1.29, 1.82) is 0 Å². The topological polar surface area (TPSA) is 226 Å². The molecule has 2 aromatic heterocycles. The normalized spacial score (nSPS) is 11.6. The second-order valence-electron chi connectivity index (χ2n) is 14.3. The Balaban J connectivity index is 1.32. The summed E-state index contributed by atoms with van der Waals surface area (Å²) in [7, 11) is 1.05. The third-order valence-corrected chi connectivity index (χ3v) is 9.77. The molecule has 72 heavy (non-hydrogen) atoms. The number of nitrogens with two attached hydrogens (primary N) is 2. The number of hydrogen-bond donors (Lipinski definition) is 4. The number of aromatic nitrogens is 2. The summed E-state index contributed by atoms with van der Waals surface area (Å²) < 4.78 is 183. The fraction of sp³-hybridized carbons (Fsp3) is 0.136. The summed E-state index contributed by atoms with van der Waals surface area (Å²) in [6.07, 6.45) is -14.1. The van der Waals surface area contributed by atoms with Crippen LogP contribution in [0.15, 0.2) is 85.2 Å². The number of pyridine rings is 2. The lowest BCUT2D eigenvalue weighted by Crippen LogP contribution is -2.20. The summed E-state index contributed by atoms with van der Waals surface area (Å²) in [6, 6.07) is 9.09. The molecule has 0 aliphatic heterocycles. The van der Waals surface area contributed by atoms with Crippen molar-refractivity contribution in [2.75, 3.05) is 17.7 Å². The Hall–Kier alpha value is -8.62. The quantitative estimate of drug-likeness (QED) is 0.0664. The number of primary amides is 2. The lowest BCUT2D eigenvalue weighted by atomic mass is 10.1. The van der Waals surface area contributed by atoms with Crippen LogP contribution in [0.3, 0.4) is 0 Å². The molecule has 6 N–H and O–H groups in total. The number of halogens is 12. The van der Waals surface area contributed by atoms with E-state index in [9.17, 15) is 58.7 Å². The van der Waals surface area contributed by atoms with E-state index in [-0.39, 0.29) is 45.1 Å². The van der Waals surface area contributed by atoms with Crippen LogP contribution >= 0.6 is 11.6 Å². The van der Waals surface area contributed by atoms with Gasteiger partial charge in [-0.1, -0.05) is 11.6 Å². The third-order valence-electron chi connectivity index (χ3n) is 9.38. The molecule has 0 radical (unpaired) electrons. The average molecular weight is 1050 g/mol. The number of nitrogens with one attached hydrogen (secondary N) is 2. The summed E-state index contributed by atoms with van der Waals surface area (Å²) in [4.78, 5) is 58.5. The first-order valence-corrected chi connectivity index (χ1v) is 19.9. The van der Waals surface area contributed by atoms with E-state index in [2.05, 4.69) is 24.8 Å². The van der Waals surface area contributed by atoms with E-state index in [0.29, 0.717) is 18.2 Å². The molecule has 0 bridgehead atoms. The lowest BCUT2D eigenvalue weighted by Gasteiger charge is -2.19. The minimum Gasteiger partial charge on any atom is -0.493 e. The Labute approximate surface area is 400 Å². The Bertz CT molecular complexity index is 3120. The monoisotopic (exact) mass is 1040 g/mol. The van der Waals surface area contributed by atoms with Crippen LogP contribution < -0.4 is 50.5 Å². The van der Waals surface area contributed by atoms with Gasteiger partial charge in [-0.15, -0.1) is 26.3 Å². The SMILES string of the molecule is COc1cc(OC(F)(F)F)ccc1Oc1cc(Cl)c(C)c(F)c1C(=O)Nc1cc(C(N)=O)ncc1COc1ccc(Oc2ccc(C(F)(F)F)c(F)c2C(=O)Nc2ccnc(C(N)=O)c2)c(OC(F)(F)F)c1. The van der Waals surface area contributed by atoms with E-state index in [0.717, 1.165) is 68.0 Å². The molecule has 4 aromatic carbocycles. The lowest BCUT2D eigenvalue weighted by molar-refractivity contribution is -0.275. The summed E-state index contributed by atoms with van der Waals surface area (Å²) >= 11 is 6.19. The molecule has 0 saturated carbocycles. The zero-order chi connectivity index (χ0) is 53.0. The Morgan fingerprint density at radius 2 is 1.21 bits per heavy atom. The second kappa shape index (κ2) is 20.8. The number of ether oxygens (including phenoxy) is 6. The molecule has 6 rings (SSSR count). The van der Waals surface area contributed by atoms with E-state index in [1.54, 1.807) is 0 Å². The third kappa shape index (κ3) is 12.8. The van der Waals surface area contributed by atoms with Gasteiger partial charge < -0.3 is 50.5 Å². The fourth-order valence-electron chi connectivity index (χ4n) is 6.13. The predicted molar refractivity (Wildman–Crippen MR) is 226 cm³/mol. The molecule has 28 heteroatoms. The number of carbonyl (C=O) groups is 4. The number of amides is 4. The van der Waals surface area contributed by atoms with Crippen LogP contribution in [0.5, 0.6) is 46.0 Å². The van der Waals surface area contributed by atoms with Gasteiger partial charge in [0, 0.05) is 47.4 Å². The summed E-state index contributed by atoms with van der Waals surface area (Å²) in [5.74, 6) is -14.6. The zero-order valence-electron chi connectivity index (χ0n) is 36.0. The standard InChI is InChI=1S/C44H28ClF11N6O10/c1-18-24(45)14-33(70-28-7-4-22(13-31(28)67-2)71-43(51,52)53)35(36(18)46)41(66)62-25-15-27(39(58)64)60-16-19(25)17-68-21-3-6-29(32(12-21)72-44(54,55)56)69-30-8-5-23(42(48,49)50)37(47)34(30)40(65)61-20-9-10-59-26(11-20)38(57)63/h3-16H,17H2,1-2H3,(H2,57,63)(H2,58,64)(H,59,61,65)(H,60,62,66). The highest BCUT2D eigenvalue weighted by atomic mass is 35.5. The molecule has 4 amide bonds. The first-order valence-electron chi connectivity index (χ1n) is 19.5. The van der Waals surface area contributed by atoms with Gasteiger partial charge in [-0.25, -0.2) is 8.78 Å².